The van der Waals surface area contributed by atoms with Crippen molar-refractivity contribution in [2.75, 3.05) is 25.0 Å². The fourth-order valence-corrected chi connectivity index (χ4v) is 3.42. The minimum atomic E-state index is 0.000603. The second kappa shape index (κ2) is 6.06. The Morgan fingerprint density at radius 3 is 2.62 bits per heavy atom. The van der Waals surface area contributed by atoms with E-state index in [1.165, 1.54) is 32.5 Å². The molecule has 0 aliphatic carbocycles. The van der Waals surface area contributed by atoms with Crippen molar-refractivity contribution in [3.05, 3.63) is 29.8 Å². The van der Waals surface area contributed by atoms with E-state index in [0.717, 1.165) is 17.2 Å². The van der Waals surface area contributed by atoms with E-state index in [0.29, 0.717) is 6.04 Å². The van der Waals surface area contributed by atoms with Crippen molar-refractivity contribution in [3.8, 4) is 0 Å². The lowest BCUT2D eigenvalue weighted by Gasteiger charge is -2.31. The summed E-state index contributed by atoms with van der Waals surface area (Å²) in [4.78, 5) is 14.5. The molecular formula is C17H25N3O. The Kier molecular flexibility index (Phi) is 4.15. The summed E-state index contributed by atoms with van der Waals surface area (Å²) in [7, 11) is 0. The van der Waals surface area contributed by atoms with Crippen molar-refractivity contribution < 1.29 is 4.79 Å². The third-order valence-corrected chi connectivity index (χ3v) is 4.55. The van der Waals surface area contributed by atoms with E-state index in [2.05, 4.69) is 15.5 Å². The Balaban J connectivity index is 1.60. The number of rotatable bonds is 4. The summed E-state index contributed by atoms with van der Waals surface area (Å²) >= 11 is 0. The van der Waals surface area contributed by atoms with Crippen LogP contribution in [0.15, 0.2) is 24.3 Å². The minimum absolute atomic E-state index is 0.000603. The van der Waals surface area contributed by atoms with Gasteiger partial charge in [0.1, 0.15) is 0 Å². The Morgan fingerprint density at radius 2 is 1.90 bits per heavy atom. The predicted octanol–water partition coefficient (Wildman–Crippen LogP) is 2.33. The number of amides is 1. The van der Waals surface area contributed by atoms with E-state index < -0.39 is 0 Å². The van der Waals surface area contributed by atoms with Crippen LogP contribution in [0.3, 0.4) is 0 Å². The fourth-order valence-electron chi connectivity index (χ4n) is 3.42. The van der Waals surface area contributed by atoms with Gasteiger partial charge in [-0.2, -0.15) is 0 Å². The summed E-state index contributed by atoms with van der Waals surface area (Å²) in [5.41, 5.74) is 1.85. The SMILES string of the molecule is CC(C)NC(=O)c1ccc(NC2CCN3CCC2C3)cc1. The number of fused-ring (bicyclic) bond motifs is 2. The maximum Gasteiger partial charge on any atom is 0.251 e. The predicted molar refractivity (Wildman–Crippen MR) is 85.6 cm³/mol. The lowest BCUT2D eigenvalue weighted by atomic mass is 9.94. The van der Waals surface area contributed by atoms with Crippen LogP contribution in [0.4, 0.5) is 5.69 Å². The van der Waals surface area contributed by atoms with Gasteiger partial charge >= 0.3 is 0 Å². The average Bonchev–Trinajstić information content (AvgIpc) is 2.85. The minimum Gasteiger partial charge on any atom is -0.382 e. The number of hydrogen-bond donors (Lipinski definition) is 2. The molecule has 1 aromatic carbocycles. The first-order chi connectivity index (χ1) is 10.1. The van der Waals surface area contributed by atoms with Crippen molar-refractivity contribution in [1.82, 2.24) is 10.2 Å². The summed E-state index contributed by atoms with van der Waals surface area (Å²) in [6.45, 7) is 7.66. The number of piperidine rings is 1. The van der Waals surface area contributed by atoms with Crippen molar-refractivity contribution in [1.29, 1.82) is 0 Å². The second-order valence-electron chi connectivity index (χ2n) is 6.59. The molecule has 1 amide bonds. The number of anilines is 1. The van der Waals surface area contributed by atoms with Gasteiger partial charge < -0.3 is 15.5 Å². The number of carbonyl (C=O) groups excluding carboxylic acids is 1. The van der Waals surface area contributed by atoms with Gasteiger partial charge in [-0.25, -0.2) is 0 Å². The molecule has 3 atom stereocenters. The average molecular weight is 287 g/mol. The molecule has 2 fully saturated rings. The topological polar surface area (TPSA) is 44.4 Å². The zero-order valence-corrected chi connectivity index (χ0v) is 12.9. The summed E-state index contributed by atoms with van der Waals surface area (Å²) in [5.74, 6) is 0.781. The quantitative estimate of drug-likeness (QED) is 0.893. The fraction of sp³-hybridized carbons (Fsp3) is 0.588. The number of benzene rings is 1. The van der Waals surface area contributed by atoms with Crippen LogP contribution in [0.5, 0.6) is 0 Å². The molecule has 0 spiro atoms. The van der Waals surface area contributed by atoms with Gasteiger partial charge in [-0.15, -0.1) is 0 Å². The first-order valence-corrected chi connectivity index (χ1v) is 8.01. The molecule has 3 unspecified atom stereocenters. The molecule has 0 saturated carbocycles. The van der Waals surface area contributed by atoms with Crippen LogP contribution in [0, 0.1) is 5.92 Å². The molecule has 4 heteroatoms. The van der Waals surface area contributed by atoms with Gasteiger partial charge in [0.05, 0.1) is 0 Å². The van der Waals surface area contributed by atoms with Crippen molar-refractivity contribution >= 4 is 11.6 Å². The van der Waals surface area contributed by atoms with Crippen LogP contribution in [0.25, 0.3) is 0 Å². The maximum atomic E-state index is 11.9. The molecule has 2 aliphatic rings. The summed E-state index contributed by atoms with van der Waals surface area (Å²) in [6, 6.07) is 8.61. The smallest absolute Gasteiger partial charge is 0.251 e. The maximum absolute atomic E-state index is 11.9. The highest BCUT2D eigenvalue weighted by molar-refractivity contribution is 5.94. The zero-order chi connectivity index (χ0) is 14.8. The van der Waals surface area contributed by atoms with Gasteiger partial charge in [0.25, 0.3) is 5.91 Å². The highest BCUT2D eigenvalue weighted by Crippen LogP contribution is 2.29. The van der Waals surface area contributed by atoms with E-state index in [1.807, 2.05) is 38.1 Å². The van der Waals surface area contributed by atoms with Crippen LogP contribution in [0.2, 0.25) is 0 Å². The van der Waals surface area contributed by atoms with E-state index in [1.54, 1.807) is 0 Å². The van der Waals surface area contributed by atoms with Gasteiger partial charge in [-0.1, -0.05) is 0 Å². The number of carbonyl (C=O) groups is 1. The van der Waals surface area contributed by atoms with E-state index in [9.17, 15) is 4.79 Å². The molecule has 2 heterocycles. The molecule has 2 N–H and O–H groups in total. The van der Waals surface area contributed by atoms with Gasteiger partial charge in [0, 0.05) is 36.4 Å². The van der Waals surface area contributed by atoms with E-state index in [-0.39, 0.29) is 11.9 Å². The Morgan fingerprint density at radius 1 is 1.19 bits per heavy atom. The van der Waals surface area contributed by atoms with Gasteiger partial charge in [0.2, 0.25) is 0 Å². The third-order valence-electron chi connectivity index (χ3n) is 4.55. The molecule has 4 nitrogen and oxygen atoms in total. The highest BCUT2D eigenvalue weighted by atomic mass is 16.1. The summed E-state index contributed by atoms with van der Waals surface area (Å²) in [5, 5.41) is 6.57. The molecule has 21 heavy (non-hydrogen) atoms. The molecule has 3 rings (SSSR count). The Bertz CT molecular complexity index is 497. The van der Waals surface area contributed by atoms with Crippen molar-refractivity contribution in [3.63, 3.8) is 0 Å². The molecule has 1 aromatic rings. The van der Waals surface area contributed by atoms with E-state index >= 15 is 0 Å². The number of hydrogen-bond acceptors (Lipinski definition) is 3. The summed E-state index contributed by atoms with van der Waals surface area (Å²) < 4.78 is 0. The molecular weight excluding hydrogens is 262 g/mol. The van der Waals surface area contributed by atoms with Gasteiger partial charge in [-0.05, 0) is 63.4 Å². The monoisotopic (exact) mass is 287 g/mol. The van der Waals surface area contributed by atoms with Crippen molar-refractivity contribution in [2.45, 2.75) is 38.8 Å². The third kappa shape index (κ3) is 3.38. The van der Waals surface area contributed by atoms with E-state index in [4.69, 9.17) is 0 Å². The molecule has 2 bridgehead atoms. The standard InChI is InChI=1S/C17H25N3O/c1-12(2)18-17(21)13-3-5-15(6-4-13)19-16-8-10-20-9-7-14(16)11-20/h3-6,12,14,16,19H,7-11H2,1-2H3,(H,18,21). The van der Waals surface area contributed by atoms with Crippen LogP contribution < -0.4 is 10.6 Å². The molecule has 114 valence electrons. The zero-order valence-electron chi connectivity index (χ0n) is 12.9. The molecule has 0 radical (unpaired) electrons. The second-order valence-corrected chi connectivity index (χ2v) is 6.59. The van der Waals surface area contributed by atoms with Crippen LogP contribution in [0.1, 0.15) is 37.0 Å². The Labute approximate surface area is 126 Å². The normalized spacial score (nSPS) is 27.7. The molecule has 2 aliphatic heterocycles. The van der Waals surface area contributed by atoms with Crippen molar-refractivity contribution in [2.24, 2.45) is 5.92 Å². The number of nitrogens with one attached hydrogen (secondary N) is 2. The lowest BCUT2D eigenvalue weighted by molar-refractivity contribution is 0.0943. The first-order valence-electron chi connectivity index (χ1n) is 8.01. The van der Waals surface area contributed by atoms with Gasteiger partial charge in [-0.3, -0.25) is 4.79 Å². The molecule has 2 saturated heterocycles. The lowest BCUT2D eigenvalue weighted by Crippen LogP contribution is -2.39. The highest BCUT2D eigenvalue weighted by Gasteiger charge is 2.33. The first kappa shape index (κ1) is 14.4. The van der Waals surface area contributed by atoms with Crippen LogP contribution >= 0.6 is 0 Å². The van der Waals surface area contributed by atoms with Gasteiger partial charge in [0.15, 0.2) is 0 Å². The molecule has 0 aromatic heterocycles. The number of nitrogens with zero attached hydrogens (tertiary/aromatic N) is 1. The Hall–Kier alpha value is -1.55. The largest absolute Gasteiger partial charge is 0.382 e. The van der Waals surface area contributed by atoms with Crippen LogP contribution in [-0.2, 0) is 0 Å². The van der Waals surface area contributed by atoms with Crippen LogP contribution in [-0.4, -0.2) is 42.5 Å². The summed E-state index contributed by atoms with van der Waals surface area (Å²) in [6.07, 6.45) is 2.53.